The number of allylic oxidation sites excluding steroid dienone is 3. The number of rotatable bonds is 2. The van der Waals surface area contributed by atoms with E-state index < -0.39 is 0 Å². The molecule has 0 unspecified atom stereocenters. The summed E-state index contributed by atoms with van der Waals surface area (Å²) < 4.78 is 0. The topological polar surface area (TPSA) is 12.4 Å². The first kappa shape index (κ1) is 9.15. The summed E-state index contributed by atoms with van der Waals surface area (Å²) in [6, 6.07) is 0. The molecule has 0 aromatic heterocycles. The van der Waals surface area contributed by atoms with Gasteiger partial charge in [-0.25, -0.2) is 0 Å². The van der Waals surface area contributed by atoms with E-state index in [0.717, 1.165) is 17.0 Å². The van der Waals surface area contributed by atoms with Gasteiger partial charge in [0, 0.05) is 11.4 Å². The number of aliphatic imine (C=N–C) groups is 1. The Hall–Kier alpha value is -0.850. The molecule has 0 aliphatic heterocycles. The monoisotopic (exact) mass is 137 g/mol. The van der Waals surface area contributed by atoms with Crippen LogP contribution >= 0.6 is 0 Å². The average molecular weight is 137 g/mol. The van der Waals surface area contributed by atoms with Crippen LogP contribution in [0.1, 0.15) is 27.7 Å². The molecular formula is C9H15N. The normalized spacial score (nSPS) is 12.0. The smallest absolute Gasteiger partial charge is 0.0400 e. The van der Waals surface area contributed by atoms with Gasteiger partial charge in [-0.2, -0.15) is 0 Å². The Morgan fingerprint density at radius 3 is 2.00 bits per heavy atom. The van der Waals surface area contributed by atoms with Gasteiger partial charge in [0.1, 0.15) is 0 Å². The maximum atomic E-state index is 4.27. The standard InChI is InChI=1S/C9H15N/c1-6-8(4)9(5)10-7(2)3/h6H,1H2,2-5H3/b9-8+. The average Bonchev–Trinajstić information content (AvgIpc) is 1.85. The van der Waals surface area contributed by atoms with Crippen molar-refractivity contribution in [3.63, 3.8) is 0 Å². The first-order valence-corrected chi connectivity index (χ1v) is 3.39. The maximum absolute atomic E-state index is 4.27. The number of nitrogens with zero attached hydrogens (tertiary/aromatic N) is 1. The molecule has 0 amide bonds. The third-order valence-electron chi connectivity index (χ3n) is 1.27. The minimum absolute atomic E-state index is 1.05. The van der Waals surface area contributed by atoms with Crippen molar-refractivity contribution < 1.29 is 0 Å². The Bertz CT molecular complexity index is 181. The van der Waals surface area contributed by atoms with Gasteiger partial charge in [0.05, 0.1) is 0 Å². The van der Waals surface area contributed by atoms with Crippen molar-refractivity contribution in [1.82, 2.24) is 0 Å². The molecule has 10 heavy (non-hydrogen) atoms. The Morgan fingerprint density at radius 2 is 1.70 bits per heavy atom. The van der Waals surface area contributed by atoms with Crippen molar-refractivity contribution >= 4 is 5.71 Å². The van der Waals surface area contributed by atoms with Gasteiger partial charge < -0.3 is 0 Å². The summed E-state index contributed by atoms with van der Waals surface area (Å²) in [5.41, 5.74) is 3.27. The van der Waals surface area contributed by atoms with E-state index in [1.165, 1.54) is 0 Å². The summed E-state index contributed by atoms with van der Waals surface area (Å²) in [6.45, 7) is 11.6. The molecule has 0 saturated heterocycles. The van der Waals surface area contributed by atoms with Crippen LogP contribution in [0, 0.1) is 0 Å². The van der Waals surface area contributed by atoms with Gasteiger partial charge in [0.2, 0.25) is 0 Å². The third kappa shape index (κ3) is 3.23. The summed E-state index contributed by atoms with van der Waals surface area (Å²) in [5, 5.41) is 0. The molecule has 0 rings (SSSR count). The Balaban J connectivity index is 4.48. The fraction of sp³-hybridized carbons (Fsp3) is 0.444. The van der Waals surface area contributed by atoms with Crippen molar-refractivity contribution in [3.8, 4) is 0 Å². The minimum atomic E-state index is 1.05. The second-order valence-corrected chi connectivity index (χ2v) is 2.53. The molecule has 56 valence electrons. The lowest BCUT2D eigenvalue weighted by molar-refractivity contribution is 1.22. The SMILES string of the molecule is C=C/C(C)=C(\C)N=C(C)C. The van der Waals surface area contributed by atoms with Gasteiger partial charge in [-0.3, -0.25) is 4.99 Å². The third-order valence-corrected chi connectivity index (χ3v) is 1.27. The first-order chi connectivity index (χ1) is 4.57. The second-order valence-electron chi connectivity index (χ2n) is 2.53. The highest BCUT2D eigenvalue weighted by Gasteiger charge is 1.88. The van der Waals surface area contributed by atoms with Crippen LogP contribution in [-0.4, -0.2) is 5.71 Å². The first-order valence-electron chi connectivity index (χ1n) is 3.39. The number of hydrogen-bond acceptors (Lipinski definition) is 1. The van der Waals surface area contributed by atoms with Gasteiger partial charge in [0.15, 0.2) is 0 Å². The zero-order valence-corrected chi connectivity index (χ0v) is 7.23. The van der Waals surface area contributed by atoms with Crippen molar-refractivity contribution in [2.75, 3.05) is 0 Å². The highest BCUT2D eigenvalue weighted by Crippen LogP contribution is 2.05. The lowest BCUT2D eigenvalue weighted by atomic mass is 10.2. The lowest BCUT2D eigenvalue weighted by Crippen LogP contribution is -1.83. The van der Waals surface area contributed by atoms with Crippen LogP contribution in [0.15, 0.2) is 28.9 Å². The van der Waals surface area contributed by atoms with Crippen LogP contribution in [0.2, 0.25) is 0 Å². The quantitative estimate of drug-likeness (QED) is 0.410. The largest absolute Gasteiger partial charge is 0.263 e. The predicted octanol–water partition coefficient (Wildman–Crippen LogP) is 2.95. The summed E-state index contributed by atoms with van der Waals surface area (Å²) in [4.78, 5) is 4.27. The molecule has 1 heteroatoms. The van der Waals surface area contributed by atoms with Crippen molar-refractivity contribution in [3.05, 3.63) is 23.9 Å². The molecule has 0 spiro atoms. The molecular weight excluding hydrogens is 122 g/mol. The van der Waals surface area contributed by atoms with Gasteiger partial charge in [-0.05, 0) is 33.3 Å². The van der Waals surface area contributed by atoms with E-state index in [9.17, 15) is 0 Å². The molecule has 0 atom stereocenters. The summed E-state index contributed by atoms with van der Waals surface area (Å²) >= 11 is 0. The predicted molar refractivity (Wildman–Crippen MR) is 47.4 cm³/mol. The Labute approximate surface area is 63.2 Å². The van der Waals surface area contributed by atoms with E-state index in [-0.39, 0.29) is 0 Å². The second kappa shape index (κ2) is 4.04. The van der Waals surface area contributed by atoms with Crippen LogP contribution in [0.4, 0.5) is 0 Å². The van der Waals surface area contributed by atoms with E-state index in [1.807, 2.05) is 33.8 Å². The van der Waals surface area contributed by atoms with Crippen LogP contribution in [0.3, 0.4) is 0 Å². The van der Waals surface area contributed by atoms with Gasteiger partial charge in [-0.15, -0.1) is 0 Å². The molecule has 0 radical (unpaired) electrons. The van der Waals surface area contributed by atoms with E-state index in [2.05, 4.69) is 11.6 Å². The van der Waals surface area contributed by atoms with E-state index in [4.69, 9.17) is 0 Å². The number of hydrogen-bond donors (Lipinski definition) is 0. The molecule has 0 N–H and O–H groups in total. The van der Waals surface area contributed by atoms with Crippen LogP contribution in [0.5, 0.6) is 0 Å². The molecule has 0 saturated carbocycles. The fourth-order valence-corrected chi connectivity index (χ4v) is 0.571. The summed E-state index contributed by atoms with van der Waals surface area (Å²) in [5.74, 6) is 0. The summed E-state index contributed by atoms with van der Waals surface area (Å²) in [6.07, 6.45) is 1.82. The van der Waals surface area contributed by atoms with Crippen molar-refractivity contribution in [2.45, 2.75) is 27.7 Å². The van der Waals surface area contributed by atoms with Gasteiger partial charge in [-0.1, -0.05) is 12.7 Å². The maximum Gasteiger partial charge on any atom is 0.0400 e. The van der Waals surface area contributed by atoms with Crippen molar-refractivity contribution in [2.24, 2.45) is 4.99 Å². The molecule has 0 fully saturated rings. The zero-order valence-electron chi connectivity index (χ0n) is 7.23. The van der Waals surface area contributed by atoms with Crippen LogP contribution in [0.25, 0.3) is 0 Å². The molecule has 1 nitrogen and oxygen atoms in total. The Kier molecular flexibility index (Phi) is 3.70. The van der Waals surface area contributed by atoms with E-state index in [1.54, 1.807) is 0 Å². The summed E-state index contributed by atoms with van der Waals surface area (Å²) in [7, 11) is 0. The van der Waals surface area contributed by atoms with Crippen LogP contribution < -0.4 is 0 Å². The van der Waals surface area contributed by atoms with Crippen LogP contribution in [-0.2, 0) is 0 Å². The Morgan fingerprint density at radius 1 is 1.20 bits per heavy atom. The van der Waals surface area contributed by atoms with E-state index in [0.29, 0.717) is 0 Å². The highest BCUT2D eigenvalue weighted by molar-refractivity contribution is 5.80. The zero-order chi connectivity index (χ0) is 8.15. The molecule has 0 aliphatic carbocycles. The fourth-order valence-electron chi connectivity index (χ4n) is 0.571. The highest BCUT2D eigenvalue weighted by atomic mass is 14.7. The molecule has 0 aliphatic rings. The molecule has 0 aromatic rings. The lowest BCUT2D eigenvalue weighted by Gasteiger charge is -1.96. The minimum Gasteiger partial charge on any atom is -0.263 e. The molecule has 0 bridgehead atoms. The molecule has 0 heterocycles. The van der Waals surface area contributed by atoms with E-state index >= 15 is 0 Å². The van der Waals surface area contributed by atoms with Crippen molar-refractivity contribution in [1.29, 1.82) is 0 Å². The van der Waals surface area contributed by atoms with Gasteiger partial charge >= 0.3 is 0 Å². The van der Waals surface area contributed by atoms with Gasteiger partial charge in [0.25, 0.3) is 0 Å². The molecule has 0 aromatic carbocycles.